The monoisotopic (exact) mass is 693 g/mol. The van der Waals surface area contributed by atoms with E-state index in [0.717, 1.165) is 0 Å². The van der Waals surface area contributed by atoms with Crippen molar-refractivity contribution in [3.8, 4) is 17.2 Å². The summed E-state index contributed by atoms with van der Waals surface area (Å²) in [7, 11) is 4.33. The molecule has 2 aliphatic rings. The topological polar surface area (TPSA) is 219 Å². The van der Waals surface area contributed by atoms with E-state index in [9.17, 15) is 34.2 Å². The highest BCUT2D eigenvalue weighted by Crippen LogP contribution is 2.42. The molecule has 5 unspecified atom stereocenters. The van der Waals surface area contributed by atoms with Crippen molar-refractivity contribution >= 4 is 29.7 Å². The normalized spacial score (nSPS) is 21.6. The molecule has 0 aromatic heterocycles. The molecule has 2 aliphatic heterocycles. The lowest BCUT2D eigenvalue weighted by molar-refractivity contribution is -0.156. The highest BCUT2D eigenvalue weighted by atomic mass is 16.6. The van der Waals surface area contributed by atoms with E-state index in [0.29, 0.717) is 35.7 Å². The number of primary amides is 1. The molecule has 274 valence electrons. The number of rotatable bonds is 13. The molecule has 3 rings (SSSR count). The maximum Gasteiger partial charge on any atom is 0.408 e. The molecule has 1 aromatic carbocycles. The average Bonchev–Trinajstić information content (AvgIpc) is 3.68. The standard InChI is InChI=1S/C33H51N5O11/c1-18(39)24(27(34)41)35-30(44)33(17-20-15-22(46-6)26(48-8)23(16-20)47-7)12-10-14-38(33)28(42)21-11-9-13-37(21)29(43)25(19(2)40)49-31(45)36-32(3,4)5/h15-16,18-19,21,24-25,39-40H,9-14,17H2,1-8H3,(H2,34,41)(H,35,44)(H,36,45)/t18-,19?,21?,24?,25?,33?/m0/s1. The smallest absolute Gasteiger partial charge is 0.408 e. The molecule has 6 atom stereocenters. The third-order valence-corrected chi connectivity index (χ3v) is 8.69. The Balaban J connectivity index is 2.05. The van der Waals surface area contributed by atoms with E-state index in [1.165, 1.54) is 45.0 Å². The number of likely N-dealkylation sites (tertiary alicyclic amines) is 2. The first-order valence-corrected chi connectivity index (χ1v) is 16.3. The van der Waals surface area contributed by atoms with Crippen LogP contribution in [-0.2, 0) is 30.3 Å². The number of nitrogens with one attached hydrogen (secondary N) is 2. The number of hydrogen-bond donors (Lipinski definition) is 5. The van der Waals surface area contributed by atoms with Crippen molar-refractivity contribution in [2.75, 3.05) is 34.4 Å². The van der Waals surface area contributed by atoms with Crippen LogP contribution in [-0.4, -0.2) is 126 Å². The van der Waals surface area contributed by atoms with E-state index in [1.54, 1.807) is 32.9 Å². The number of amides is 5. The summed E-state index contributed by atoms with van der Waals surface area (Å²) < 4.78 is 21.8. The molecule has 0 spiro atoms. The molecule has 0 radical (unpaired) electrons. The van der Waals surface area contributed by atoms with Gasteiger partial charge in [-0.1, -0.05) is 0 Å². The zero-order valence-electron chi connectivity index (χ0n) is 29.5. The van der Waals surface area contributed by atoms with Crippen molar-refractivity contribution in [1.82, 2.24) is 20.4 Å². The van der Waals surface area contributed by atoms with Gasteiger partial charge in [0.25, 0.3) is 5.91 Å². The summed E-state index contributed by atoms with van der Waals surface area (Å²) in [4.78, 5) is 70.1. The van der Waals surface area contributed by atoms with Crippen LogP contribution >= 0.6 is 0 Å². The van der Waals surface area contributed by atoms with Gasteiger partial charge < -0.3 is 55.3 Å². The molecular formula is C33H51N5O11. The van der Waals surface area contributed by atoms with E-state index in [2.05, 4.69) is 10.6 Å². The van der Waals surface area contributed by atoms with E-state index in [4.69, 9.17) is 24.7 Å². The molecule has 5 amide bonds. The number of aliphatic hydroxyl groups excluding tert-OH is 2. The third-order valence-electron chi connectivity index (χ3n) is 8.69. The minimum absolute atomic E-state index is 0.0698. The summed E-state index contributed by atoms with van der Waals surface area (Å²) >= 11 is 0. The zero-order valence-corrected chi connectivity index (χ0v) is 29.5. The number of hydrogen-bond acceptors (Lipinski definition) is 11. The highest BCUT2D eigenvalue weighted by molar-refractivity contribution is 5.98. The molecule has 2 saturated heterocycles. The number of ether oxygens (including phenoxy) is 4. The van der Waals surface area contributed by atoms with Crippen LogP contribution in [0.1, 0.15) is 65.9 Å². The maximum atomic E-state index is 14.5. The number of aliphatic hydroxyl groups is 2. The van der Waals surface area contributed by atoms with E-state index < -0.39 is 71.2 Å². The summed E-state index contributed by atoms with van der Waals surface area (Å²) in [5.41, 5.74) is 3.76. The Morgan fingerprint density at radius 3 is 2.08 bits per heavy atom. The number of methoxy groups -OCH3 is 3. The zero-order chi connectivity index (χ0) is 36.8. The first-order valence-electron chi connectivity index (χ1n) is 16.3. The number of carbonyl (C=O) groups excluding carboxylic acids is 5. The maximum absolute atomic E-state index is 14.5. The van der Waals surface area contributed by atoms with Gasteiger partial charge in [-0.15, -0.1) is 0 Å². The second kappa shape index (κ2) is 15.9. The number of benzene rings is 1. The van der Waals surface area contributed by atoms with Gasteiger partial charge in [-0.3, -0.25) is 19.2 Å². The van der Waals surface area contributed by atoms with Crippen molar-refractivity contribution in [3.63, 3.8) is 0 Å². The van der Waals surface area contributed by atoms with Gasteiger partial charge in [0.2, 0.25) is 29.6 Å². The number of nitrogens with zero attached hydrogens (tertiary/aromatic N) is 2. The Labute approximate surface area is 286 Å². The van der Waals surface area contributed by atoms with Gasteiger partial charge in [0.05, 0.1) is 33.5 Å². The van der Waals surface area contributed by atoms with Crippen molar-refractivity contribution < 1.29 is 53.1 Å². The van der Waals surface area contributed by atoms with E-state index >= 15 is 0 Å². The van der Waals surface area contributed by atoms with Crippen LogP contribution < -0.4 is 30.6 Å². The van der Waals surface area contributed by atoms with Crippen molar-refractivity contribution in [2.45, 2.75) is 108 Å². The average molecular weight is 694 g/mol. The summed E-state index contributed by atoms with van der Waals surface area (Å²) in [6.45, 7) is 8.09. The van der Waals surface area contributed by atoms with Crippen LogP contribution in [0.15, 0.2) is 12.1 Å². The van der Waals surface area contributed by atoms with Crippen LogP contribution in [0, 0.1) is 0 Å². The lowest BCUT2D eigenvalue weighted by Gasteiger charge is -2.41. The van der Waals surface area contributed by atoms with Gasteiger partial charge in [-0.2, -0.15) is 0 Å². The summed E-state index contributed by atoms with van der Waals surface area (Å²) in [5, 5.41) is 25.9. The highest BCUT2D eigenvalue weighted by Gasteiger charge is 2.53. The Morgan fingerprint density at radius 1 is 0.980 bits per heavy atom. The van der Waals surface area contributed by atoms with Crippen LogP contribution in [0.3, 0.4) is 0 Å². The van der Waals surface area contributed by atoms with Crippen LogP contribution in [0.4, 0.5) is 4.79 Å². The number of nitrogens with two attached hydrogens (primary N) is 1. The fourth-order valence-electron chi connectivity index (χ4n) is 6.42. The third kappa shape index (κ3) is 8.84. The second-order valence-electron chi connectivity index (χ2n) is 13.6. The molecule has 0 bridgehead atoms. The Kier molecular flexibility index (Phi) is 12.7. The lowest BCUT2D eigenvalue weighted by Crippen LogP contribution is -2.65. The summed E-state index contributed by atoms with van der Waals surface area (Å²) in [6.07, 6.45) is -4.04. The van der Waals surface area contributed by atoms with Gasteiger partial charge >= 0.3 is 6.09 Å². The summed E-state index contributed by atoms with van der Waals surface area (Å²) in [6, 6.07) is 0.804. The van der Waals surface area contributed by atoms with Gasteiger partial charge in [0, 0.05) is 25.0 Å². The van der Waals surface area contributed by atoms with Crippen molar-refractivity contribution in [3.05, 3.63) is 17.7 Å². The van der Waals surface area contributed by atoms with Crippen LogP contribution in [0.25, 0.3) is 0 Å². The largest absolute Gasteiger partial charge is 0.493 e. The van der Waals surface area contributed by atoms with E-state index in [-0.39, 0.29) is 32.4 Å². The molecule has 2 heterocycles. The first-order chi connectivity index (χ1) is 22.9. The van der Waals surface area contributed by atoms with Gasteiger partial charge in [0.15, 0.2) is 11.5 Å². The van der Waals surface area contributed by atoms with Gasteiger partial charge in [0.1, 0.15) is 17.6 Å². The number of carbonyl (C=O) groups is 5. The Bertz CT molecular complexity index is 1370. The summed E-state index contributed by atoms with van der Waals surface area (Å²) in [5.74, 6) is -2.03. The van der Waals surface area contributed by atoms with Gasteiger partial charge in [-0.25, -0.2) is 4.79 Å². The molecule has 0 aliphatic carbocycles. The molecule has 16 heteroatoms. The van der Waals surface area contributed by atoms with Crippen molar-refractivity contribution in [2.24, 2.45) is 5.73 Å². The Morgan fingerprint density at radius 2 is 1.59 bits per heavy atom. The number of alkyl carbamates (subject to hydrolysis) is 1. The fraction of sp³-hybridized carbons (Fsp3) is 0.667. The predicted molar refractivity (Wildman–Crippen MR) is 176 cm³/mol. The quantitative estimate of drug-likeness (QED) is 0.188. The Hall–Kier alpha value is -4.31. The minimum atomic E-state index is -1.60. The lowest BCUT2D eigenvalue weighted by atomic mass is 9.85. The van der Waals surface area contributed by atoms with E-state index in [1.807, 2.05) is 0 Å². The molecule has 49 heavy (non-hydrogen) atoms. The first kappa shape index (κ1) is 39.1. The predicted octanol–water partition coefficient (Wildman–Crippen LogP) is 0.232. The van der Waals surface area contributed by atoms with Crippen molar-refractivity contribution in [1.29, 1.82) is 0 Å². The molecular weight excluding hydrogens is 642 g/mol. The minimum Gasteiger partial charge on any atom is -0.493 e. The molecule has 6 N–H and O–H groups in total. The fourth-order valence-corrected chi connectivity index (χ4v) is 6.42. The second-order valence-corrected chi connectivity index (χ2v) is 13.6. The molecule has 1 aromatic rings. The van der Waals surface area contributed by atoms with Crippen LogP contribution in [0.2, 0.25) is 0 Å². The molecule has 16 nitrogen and oxygen atoms in total. The SMILES string of the molecule is COc1cc(CC2(C(=O)NC(C(N)=O)[C@H](C)O)CCCN2C(=O)C2CCCN2C(=O)C(OC(=O)NC(C)(C)C)C(C)O)cc(OC)c1OC. The van der Waals surface area contributed by atoms with Gasteiger partial charge in [-0.05, 0) is 78.0 Å². The molecule has 0 saturated carbocycles. The molecule has 2 fully saturated rings. The van der Waals surface area contributed by atoms with Crippen LogP contribution in [0.5, 0.6) is 17.2 Å².